The summed E-state index contributed by atoms with van der Waals surface area (Å²) < 4.78 is 11.4. The highest BCUT2D eigenvalue weighted by atomic mass is 35.5. The van der Waals surface area contributed by atoms with E-state index in [2.05, 4.69) is 10.3 Å². The summed E-state index contributed by atoms with van der Waals surface area (Å²) in [5.74, 6) is -2.21. The molecule has 0 saturated carbocycles. The van der Waals surface area contributed by atoms with Crippen molar-refractivity contribution < 1.29 is 28.6 Å². The number of oxazole rings is 1. The minimum atomic E-state index is -1.20. The Morgan fingerprint density at radius 1 is 1.00 bits per heavy atom. The summed E-state index contributed by atoms with van der Waals surface area (Å²) in [6.45, 7) is 1.41. The van der Waals surface area contributed by atoms with Gasteiger partial charge >= 0.3 is 11.9 Å². The van der Waals surface area contributed by atoms with Crippen LogP contribution in [0.3, 0.4) is 0 Å². The molecule has 1 atom stereocenters. The monoisotopic (exact) mass is 514 g/mol. The number of hydrogen-bond donors (Lipinski definition) is 2. The molecular formula is C28H19ClN2O6. The second-order valence-corrected chi connectivity index (χ2v) is 8.64. The Labute approximate surface area is 215 Å². The Morgan fingerprint density at radius 2 is 1.76 bits per heavy atom. The highest BCUT2D eigenvalue weighted by Crippen LogP contribution is 2.33. The van der Waals surface area contributed by atoms with Crippen LogP contribution < -0.4 is 5.32 Å². The van der Waals surface area contributed by atoms with E-state index in [1.165, 1.54) is 25.1 Å². The van der Waals surface area contributed by atoms with E-state index in [0.29, 0.717) is 27.9 Å². The lowest BCUT2D eigenvalue weighted by molar-refractivity contribution is -0.123. The highest BCUT2D eigenvalue weighted by molar-refractivity contribution is 6.34. The normalized spacial score (nSPS) is 11.8. The number of fused-ring (bicyclic) bond motifs is 2. The molecular weight excluding hydrogens is 496 g/mol. The highest BCUT2D eigenvalue weighted by Gasteiger charge is 2.23. The number of halogens is 1. The van der Waals surface area contributed by atoms with E-state index in [9.17, 15) is 19.5 Å². The Balaban J connectivity index is 1.43. The molecule has 4 aromatic carbocycles. The lowest BCUT2D eigenvalue weighted by Crippen LogP contribution is -2.30. The summed E-state index contributed by atoms with van der Waals surface area (Å²) in [6, 6.07) is 21.9. The second-order valence-electron chi connectivity index (χ2n) is 8.23. The number of carbonyl (C=O) groups is 3. The third-order valence-corrected chi connectivity index (χ3v) is 6.10. The fourth-order valence-electron chi connectivity index (χ4n) is 3.94. The van der Waals surface area contributed by atoms with Crippen LogP contribution in [0, 0.1) is 0 Å². The van der Waals surface area contributed by atoms with Crippen LogP contribution in [-0.4, -0.2) is 34.0 Å². The first kappa shape index (κ1) is 24.0. The zero-order valence-corrected chi connectivity index (χ0v) is 20.2. The molecule has 1 amide bonds. The van der Waals surface area contributed by atoms with Gasteiger partial charge in [0.2, 0.25) is 5.89 Å². The molecule has 37 heavy (non-hydrogen) atoms. The van der Waals surface area contributed by atoms with Crippen molar-refractivity contribution in [2.75, 3.05) is 5.32 Å². The van der Waals surface area contributed by atoms with Crippen molar-refractivity contribution in [3.8, 4) is 11.5 Å². The number of para-hydroxylation sites is 2. The summed E-state index contributed by atoms with van der Waals surface area (Å²) in [7, 11) is 0. The Morgan fingerprint density at radius 3 is 2.51 bits per heavy atom. The number of nitrogens with one attached hydrogen (secondary N) is 1. The molecule has 0 fully saturated rings. The molecule has 0 aliphatic heterocycles. The molecule has 0 aliphatic rings. The van der Waals surface area contributed by atoms with Gasteiger partial charge in [0.15, 0.2) is 11.7 Å². The van der Waals surface area contributed by atoms with Gasteiger partial charge in [-0.15, -0.1) is 0 Å². The third-order valence-electron chi connectivity index (χ3n) is 5.77. The number of ether oxygens (including phenoxy) is 1. The number of carboxylic acids is 1. The number of esters is 1. The predicted octanol–water partition coefficient (Wildman–Crippen LogP) is 6.18. The molecule has 0 saturated heterocycles. The standard InChI is InChI=1S/C28H19ClN2O6/c1-15(25(32)30-22-14-17(27(33)34)12-13-20(22)29)36-28(35)19-9-5-7-16-6-4-8-18(24(16)19)26-31-21-10-2-3-11-23(21)37-26/h2-15H,1H3,(H,30,32)(H,33,34). The number of anilines is 1. The fourth-order valence-corrected chi connectivity index (χ4v) is 4.11. The number of benzene rings is 4. The van der Waals surface area contributed by atoms with Crippen molar-refractivity contribution in [1.82, 2.24) is 4.98 Å². The van der Waals surface area contributed by atoms with E-state index >= 15 is 0 Å². The van der Waals surface area contributed by atoms with E-state index < -0.39 is 23.9 Å². The fraction of sp³-hybridized carbons (Fsp3) is 0.0714. The first-order valence-electron chi connectivity index (χ1n) is 11.2. The summed E-state index contributed by atoms with van der Waals surface area (Å²) in [5, 5.41) is 13.2. The minimum absolute atomic E-state index is 0.0492. The predicted molar refractivity (Wildman–Crippen MR) is 139 cm³/mol. The van der Waals surface area contributed by atoms with Gasteiger partial charge in [0.05, 0.1) is 21.8 Å². The summed E-state index contributed by atoms with van der Waals surface area (Å²) in [4.78, 5) is 41.8. The van der Waals surface area contributed by atoms with Gasteiger partial charge in [-0.3, -0.25) is 4.79 Å². The van der Waals surface area contributed by atoms with Gasteiger partial charge < -0.3 is 19.6 Å². The number of carboxylic acid groups (broad SMARTS) is 1. The maximum atomic E-state index is 13.2. The minimum Gasteiger partial charge on any atom is -0.478 e. The SMILES string of the molecule is CC(OC(=O)c1cccc2cccc(-c3nc4ccccc4o3)c12)C(=O)Nc1cc(C(=O)O)ccc1Cl. The van der Waals surface area contributed by atoms with Gasteiger partial charge in [0.1, 0.15) is 5.52 Å². The van der Waals surface area contributed by atoms with Crippen LogP contribution in [-0.2, 0) is 9.53 Å². The van der Waals surface area contributed by atoms with E-state index in [-0.39, 0.29) is 21.8 Å². The van der Waals surface area contributed by atoms with Crippen molar-refractivity contribution in [1.29, 1.82) is 0 Å². The maximum absolute atomic E-state index is 13.2. The number of amides is 1. The largest absolute Gasteiger partial charge is 0.478 e. The molecule has 1 heterocycles. The molecule has 1 aromatic heterocycles. The van der Waals surface area contributed by atoms with Crippen LogP contribution in [0.15, 0.2) is 83.3 Å². The maximum Gasteiger partial charge on any atom is 0.339 e. The van der Waals surface area contributed by atoms with Crippen LogP contribution in [0.5, 0.6) is 0 Å². The van der Waals surface area contributed by atoms with Crippen LogP contribution in [0.25, 0.3) is 33.3 Å². The number of aromatic nitrogens is 1. The van der Waals surface area contributed by atoms with E-state index in [0.717, 1.165) is 5.39 Å². The van der Waals surface area contributed by atoms with E-state index in [1.54, 1.807) is 18.2 Å². The average molecular weight is 515 g/mol. The lowest BCUT2D eigenvalue weighted by Gasteiger charge is -2.16. The Hall–Kier alpha value is -4.69. The molecule has 0 spiro atoms. The van der Waals surface area contributed by atoms with Gasteiger partial charge in [0, 0.05) is 10.9 Å². The third kappa shape index (κ3) is 4.74. The van der Waals surface area contributed by atoms with Gasteiger partial charge in [0.25, 0.3) is 5.91 Å². The van der Waals surface area contributed by atoms with E-state index in [4.69, 9.17) is 20.8 Å². The van der Waals surface area contributed by atoms with E-state index in [1.807, 2.05) is 42.5 Å². The first-order chi connectivity index (χ1) is 17.8. The summed E-state index contributed by atoms with van der Waals surface area (Å²) in [6.07, 6.45) is -1.20. The van der Waals surface area contributed by atoms with Crippen molar-refractivity contribution in [2.45, 2.75) is 13.0 Å². The van der Waals surface area contributed by atoms with Crippen molar-refractivity contribution in [3.05, 3.63) is 95.0 Å². The van der Waals surface area contributed by atoms with Crippen LogP contribution in [0.4, 0.5) is 5.69 Å². The number of rotatable bonds is 6. The number of aromatic carboxylic acids is 1. The number of hydrogen-bond acceptors (Lipinski definition) is 6. The molecule has 184 valence electrons. The lowest BCUT2D eigenvalue weighted by atomic mass is 9.99. The quantitative estimate of drug-likeness (QED) is 0.259. The van der Waals surface area contributed by atoms with Crippen molar-refractivity contribution >= 4 is 57.0 Å². The zero-order valence-electron chi connectivity index (χ0n) is 19.4. The molecule has 0 bridgehead atoms. The van der Waals surface area contributed by atoms with Gasteiger partial charge in [-0.1, -0.05) is 48.0 Å². The zero-order chi connectivity index (χ0) is 26.1. The van der Waals surface area contributed by atoms with Gasteiger partial charge in [-0.2, -0.15) is 0 Å². The molecule has 9 heteroatoms. The van der Waals surface area contributed by atoms with Crippen LogP contribution in [0.1, 0.15) is 27.6 Å². The smallest absolute Gasteiger partial charge is 0.339 e. The second kappa shape index (κ2) is 9.75. The summed E-state index contributed by atoms with van der Waals surface area (Å²) >= 11 is 6.09. The number of nitrogens with zero attached hydrogens (tertiary/aromatic N) is 1. The number of carbonyl (C=O) groups excluding carboxylic acids is 2. The van der Waals surface area contributed by atoms with Crippen LogP contribution in [0.2, 0.25) is 5.02 Å². The van der Waals surface area contributed by atoms with Crippen molar-refractivity contribution in [3.63, 3.8) is 0 Å². The molecule has 8 nitrogen and oxygen atoms in total. The molecule has 2 N–H and O–H groups in total. The first-order valence-corrected chi connectivity index (χ1v) is 11.6. The Kier molecular flexibility index (Phi) is 6.33. The topological polar surface area (TPSA) is 119 Å². The molecule has 5 aromatic rings. The van der Waals surface area contributed by atoms with Gasteiger partial charge in [-0.05, 0) is 54.8 Å². The average Bonchev–Trinajstić information content (AvgIpc) is 3.33. The van der Waals surface area contributed by atoms with Crippen LogP contribution >= 0.6 is 11.6 Å². The van der Waals surface area contributed by atoms with Crippen molar-refractivity contribution in [2.24, 2.45) is 0 Å². The Bertz CT molecular complexity index is 1660. The molecule has 0 aliphatic carbocycles. The molecule has 0 radical (unpaired) electrons. The molecule has 1 unspecified atom stereocenters. The summed E-state index contributed by atoms with van der Waals surface area (Å²) in [5.41, 5.74) is 2.19. The van der Waals surface area contributed by atoms with Gasteiger partial charge in [-0.25, -0.2) is 14.6 Å². The molecule has 5 rings (SSSR count).